The van der Waals surface area contributed by atoms with Crippen LogP contribution in [0.4, 0.5) is 0 Å². The van der Waals surface area contributed by atoms with Crippen molar-refractivity contribution in [3.05, 3.63) is 11.0 Å². The first-order chi connectivity index (χ1) is 4.36. The van der Waals surface area contributed by atoms with E-state index in [0.717, 1.165) is 11.3 Å². The summed E-state index contributed by atoms with van der Waals surface area (Å²) in [6, 6.07) is 0. The maximum absolute atomic E-state index is 8.68. The molecule has 52 valence electrons. The molecule has 1 N–H and O–H groups in total. The van der Waals surface area contributed by atoms with Gasteiger partial charge in [0.15, 0.2) is 0 Å². The van der Waals surface area contributed by atoms with Gasteiger partial charge in [0.2, 0.25) is 0 Å². The normalized spacial score (nSPS) is 26.4. The van der Waals surface area contributed by atoms with Crippen molar-refractivity contribution in [1.29, 1.82) is 0 Å². The van der Waals surface area contributed by atoms with Crippen LogP contribution in [0.3, 0.4) is 0 Å². The number of thioether (sulfide) groups is 2. The summed E-state index contributed by atoms with van der Waals surface area (Å²) < 4.78 is 0.659. The van der Waals surface area contributed by atoms with Gasteiger partial charge in [-0.1, -0.05) is 6.08 Å². The third-order valence-electron chi connectivity index (χ3n) is 1.24. The molecule has 1 heterocycles. The lowest BCUT2D eigenvalue weighted by molar-refractivity contribution is 0.339. The van der Waals surface area contributed by atoms with Crippen LogP contribution in [0.15, 0.2) is 11.0 Å². The van der Waals surface area contributed by atoms with E-state index in [2.05, 4.69) is 12.3 Å². The fraction of sp³-hybridized carbons (Fsp3) is 0.667. The molecule has 1 aliphatic heterocycles. The Morgan fingerprint density at radius 2 is 2.78 bits per heavy atom. The van der Waals surface area contributed by atoms with Gasteiger partial charge in [0, 0.05) is 4.91 Å². The van der Waals surface area contributed by atoms with Crippen molar-refractivity contribution in [3.63, 3.8) is 0 Å². The van der Waals surface area contributed by atoms with E-state index in [0.29, 0.717) is 4.58 Å². The summed E-state index contributed by atoms with van der Waals surface area (Å²) >= 11 is 3.64. The second-order valence-corrected chi connectivity index (χ2v) is 4.52. The minimum Gasteiger partial charge on any atom is -0.391 e. The van der Waals surface area contributed by atoms with Crippen LogP contribution >= 0.6 is 23.5 Å². The van der Waals surface area contributed by atoms with Crippen molar-refractivity contribution in [3.8, 4) is 0 Å². The molecule has 0 aliphatic carbocycles. The standard InChI is InChI=1S/C6H10OS2/c1-8-6-3-2-5(4-7)9-6/h2,6-7H,3-4H2,1H3. The van der Waals surface area contributed by atoms with Gasteiger partial charge in [-0.3, -0.25) is 0 Å². The third kappa shape index (κ3) is 1.92. The molecule has 0 saturated heterocycles. The zero-order valence-corrected chi connectivity index (χ0v) is 6.97. The van der Waals surface area contributed by atoms with E-state index < -0.39 is 0 Å². The van der Waals surface area contributed by atoms with Crippen molar-refractivity contribution < 1.29 is 5.11 Å². The number of allylic oxidation sites excluding steroid dienone is 1. The molecule has 0 amide bonds. The maximum Gasteiger partial charge on any atom is 0.0737 e. The summed E-state index contributed by atoms with van der Waals surface area (Å²) in [4.78, 5) is 1.13. The predicted molar refractivity (Wildman–Crippen MR) is 44.7 cm³/mol. The molecule has 0 aromatic carbocycles. The Labute approximate surface area is 63.9 Å². The summed E-state index contributed by atoms with van der Waals surface area (Å²) in [6.07, 6.45) is 5.33. The molecule has 3 heteroatoms. The lowest BCUT2D eigenvalue weighted by Gasteiger charge is -2.02. The average molecular weight is 162 g/mol. The average Bonchev–Trinajstić information content (AvgIpc) is 2.34. The number of aliphatic hydroxyl groups is 1. The Balaban J connectivity index is 2.31. The largest absolute Gasteiger partial charge is 0.391 e. The molecule has 1 unspecified atom stereocenters. The Kier molecular flexibility index (Phi) is 2.95. The van der Waals surface area contributed by atoms with Crippen LogP contribution in [0.2, 0.25) is 0 Å². The topological polar surface area (TPSA) is 20.2 Å². The number of aliphatic hydroxyl groups excluding tert-OH is 1. The second-order valence-electron chi connectivity index (χ2n) is 1.85. The monoisotopic (exact) mass is 162 g/mol. The highest BCUT2D eigenvalue weighted by Gasteiger charge is 2.14. The molecule has 0 fully saturated rings. The Bertz CT molecular complexity index is 122. The van der Waals surface area contributed by atoms with Gasteiger partial charge in [0.25, 0.3) is 0 Å². The van der Waals surface area contributed by atoms with E-state index in [1.54, 1.807) is 11.8 Å². The third-order valence-corrected chi connectivity index (χ3v) is 3.88. The van der Waals surface area contributed by atoms with Gasteiger partial charge < -0.3 is 5.11 Å². The summed E-state index contributed by atoms with van der Waals surface area (Å²) in [6.45, 7) is 0.224. The first-order valence-corrected chi connectivity index (χ1v) is 5.03. The van der Waals surface area contributed by atoms with E-state index in [9.17, 15) is 0 Å². The minimum atomic E-state index is 0.224. The molecule has 1 atom stereocenters. The van der Waals surface area contributed by atoms with Crippen LogP contribution in [-0.4, -0.2) is 22.6 Å². The zero-order valence-electron chi connectivity index (χ0n) is 5.33. The van der Waals surface area contributed by atoms with Gasteiger partial charge in [-0.2, -0.15) is 11.8 Å². The molecular weight excluding hydrogens is 152 g/mol. The molecule has 1 aliphatic rings. The molecule has 1 rings (SSSR count). The van der Waals surface area contributed by atoms with Crippen molar-refractivity contribution in [2.24, 2.45) is 0 Å². The van der Waals surface area contributed by atoms with Crippen molar-refractivity contribution >= 4 is 23.5 Å². The highest BCUT2D eigenvalue weighted by Crippen LogP contribution is 2.37. The Hall–Kier alpha value is 0.400. The summed E-state index contributed by atoms with van der Waals surface area (Å²) in [7, 11) is 0. The van der Waals surface area contributed by atoms with Crippen LogP contribution in [0.5, 0.6) is 0 Å². The number of hydrogen-bond donors (Lipinski definition) is 1. The van der Waals surface area contributed by atoms with Crippen molar-refractivity contribution in [2.75, 3.05) is 12.9 Å². The van der Waals surface area contributed by atoms with Crippen molar-refractivity contribution in [1.82, 2.24) is 0 Å². The molecule has 0 radical (unpaired) electrons. The highest BCUT2D eigenvalue weighted by molar-refractivity contribution is 8.18. The lowest BCUT2D eigenvalue weighted by Crippen LogP contribution is -1.87. The van der Waals surface area contributed by atoms with E-state index in [1.165, 1.54) is 0 Å². The van der Waals surface area contributed by atoms with Gasteiger partial charge in [-0.05, 0) is 12.7 Å². The second kappa shape index (κ2) is 3.54. The van der Waals surface area contributed by atoms with E-state index in [4.69, 9.17) is 5.11 Å². The number of rotatable bonds is 2. The maximum atomic E-state index is 8.68. The summed E-state index contributed by atoms with van der Waals surface area (Å²) in [5.41, 5.74) is 0. The molecule has 0 aromatic rings. The number of hydrogen-bond acceptors (Lipinski definition) is 3. The molecular formula is C6H10OS2. The predicted octanol–water partition coefficient (Wildman–Crippen LogP) is 1.69. The summed E-state index contributed by atoms with van der Waals surface area (Å²) in [5.74, 6) is 0. The molecule has 0 saturated carbocycles. The van der Waals surface area contributed by atoms with Gasteiger partial charge in [-0.25, -0.2) is 0 Å². The van der Waals surface area contributed by atoms with Crippen LogP contribution in [0.1, 0.15) is 6.42 Å². The minimum absolute atomic E-state index is 0.224. The summed E-state index contributed by atoms with van der Waals surface area (Å²) in [5, 5.41) is 8.68. The van der Waals surface area contributed by atoms with Gasteiger partial charge in [-0.15, -0.1) is 11.8 Å². The van der Waals surface area contributed by atoms with Crippen LogP contribution in [0.25, 0.3) is 0 Å². The highest BCUT2D eigenvalue weighted by atomic mass is 32.2. The van der Waals surface area contributed by atoms with Crippen LogP contribution in [0, 0.1) is 0 Å². The Morgan fingerprint density at radius 1 is 2.00 bits per heavy atom. The van der Waals surface area contributed by atoms with E-state index in [1.807, 2.05) is 11.8 Å². The first kappa shape index (κ1) is 7.51. The molecule has 0 spiro atoms. The van der Waals surface area contributed by atoms with E-state index in [-0.39, 0.29) is 6.61 Å². The van der Waals surface area contributed by atoms with Crippen molar-refractivity contribution in [2.45, 2.75) is 11.0 Å². The fourth-order valence-corrected chi connectivity index (χ4v) is 2.58. The van der Waals surface area contributed by atoms with Gasteiger partial charge >= 0.3 is 0 Å². The molecule has 1 nitrogen and oxygen atoms in total. The molecule has 9 heavy (non-hydrogen) atoms. The Morgan fingerprint density at radius 3 is 3.11 bits per heavy atom. The van der Waals surface area contributed by atoms with Gasteiger partial charge in [0.05, 0.1) is 11.2 Å². The van der Waals surface area contributed by atoms with Gasteiger partial charge in [0.1, 0.15) is 0 Å². The quantitative estimate of drug-likeness (QED) is 0.667. The van der Waals surface area contributed by atoms with Crippen LogP contribution in [-0.2, 0) is 0 Å². The smallest absolute Gasteiger partial charge is 0.0737 e. The lowest BCUT2D eigenvalue weighted by atomic mass is 10.4. The molecule has 0 bridgehead atoms. The fourth-order valence-electron chi connectivity index (χ4n) is 0.739. The first-order valence-electron chi connectivity index (χ1n) is 2.86. The SMILES string of the molecule is CSC1CC=C(CO)S1. The molecule has 0 aromatic heterocycles. The zero-order chi connectivity index (χ0) is 6.69. The van der Waals surface area contributed by atoms with E-state index >= 15 is 0 Å². The van der Waals surface area contributed by atoms with Crippen LogP contribution < -0.4 is 0 Å².